The summed E-state index contributed by atoms with van der Waals surface area (Å²) in [5, 5.41) is 2.81. The molecule has 1 spiro atoms. The van der Waals surface area contributed by atoms with E-state index in [0.29, 0.717) is 0 Å². The quantitative estimate of drug-likeness (QED) is 0.272. The van der Waals surface area contributed by atoms with Crippen molar-refractivity contribution in [2.75, 3.05) is 4.90 Å². The first kappa shape index (κ1) is 19.6. The monoisotopic (exact) mass is 437 g/mol. The summed E-state index contributed by atoms with van der Waals surface area (Å²) < 4.78 is 0. The molecular weight excluding hydrogens is 410 g/mol. The molecule has 2 aliphatic rings. The number of rotatable bonds is 3. The number of aryl methyl sites for hydroxylation is 2. The van der Waals surface area contributed by atoms with E-state index in [-0.39, 0.29) is 5.41 Å². The van der Waals surface area contributed by atoms with Crippen LogP contribution < -0.4 is 4.90 Å². The van der Waals surface area contributed by atoms with Gasteiger partial charge >= 0.3 is 0 Å². The number of fused-ring (bicyclic) bond motifs is 4. The highest BCUT2D eigenvalue weighted by Crippen LogP contribution is 2.61. The van der Waals surface area contributed by atoms with Crippen molar-refractivity contribution in [2.45, 2.75) is 32.1 Å². The van der Waals surface area contributed by atoms with Gasteiger partial charge < -0.3 is 4.90 Å². The molecule has 0 amide bonds. The Morgan fingerprint density at radius 1 is 0.559 bits per heavy atom. The second-order valence-corrected chi connectivity index (χ2v) is 10.0. The zero-order chi connectivity index (χ0) is 22.9. The van der Waals surface area contributed by atoms with Gasteiger partial charge in [0.2, 0.25) is 0 Å². The molecule has 1 nitrogen and oxygen atoms in total. The molecule has 0 radical (unpaired) electrons. The van der Waals surface area contributed by atoms with Crippen LogP contribution in [0.3, 0.4) is 0 Å². The van der Waals surface area contributed by atoms with Gasteiger partial charge in [0, 0.05) is 22.5 Å². The molecule has 2 aliphatic carbocycles. The molecule has 1 fully saturated rings. The highest BCUT2D eigenvalue weighted by atomic mass is 15.1. The van der Waals surface area contributed by atoms with E-state index in [9.17, 15) is 0 Å². The van der Waals surface area contributed by atoms with Crippen LogP contribution in [0.2, 0.25) is 0 Å². The fraction of sp³-hybridized carbons (Fsp3) is 0.152. The van der Waals surface area contributed by atoms with Crippen LogP contribution in [0.1, 0.15) is 35.1 Å². The molecular formula is C33H27N. The standard InChI is InChI=1S/C33H27N/c1-22-9-13-25(14-10-22)34(26-15-11-23(2)12-16-26)27-17-18-28-29-7-3-5-24-6-4-8-30(32(24)29)33(19-20-33)31(28)21-27/h3-18,21H,19-20H2,1-2H3. The third-order valence-corrected chi connectivity index (χ3v) is 7.82. The van der Waals surface area contributed by atoms with Gasteiger partial charge in [-0.1, -0.05) is 77.9 Å². The second-order valence-electron chi connectivity index (χ2n) is 10.0. The second kappa shape index (κ2) is 7.08. The normalized spacial score (nSPS) is 14.8. The minimum absolute atomic E-state index is 0.158. The van der Waals surface area contributed by atoms with Crippen molar-refractivity contribution in [3.05, 3.63) is 125 Å². The minimum atomic E-state index is 0.158. The Kier molecular flexibility index (Phi) is 4.08. The van der Waals surface area contributed by atoms with Gasteiger partial charge in [-0.2, -0.15) is 0 Å². The fourth-order valence-corrected chi connectivity index (χ4v) is 5.91. The fourth-order valence-electron chi connectivity index (χ4n) is 5.91. The first-order valence-corrected chi connectivity index (χ1v) is 12.2. The number of hydrogen-bond acceptors (Lipinski definition) is 1. The van der Waals surface area contributed by atoms with E-state index in [1.807, 2.05) is 0 Å². The summed E-state index contributed by atoms with van der Waals surface area (Å²) in [4.78, 5) is 2.40. The van der Waals surface area contributed by atoms with Crippen molar-refractivity contribution >= 4 is 27.8 Å². The Morgan fingerprint density at radius 3 is 1.76 bits per heavy atom. The van der Waals surface area contributed by atoms with Crippen LogP contribution in [0.4, 0.5) is 17.1 Å². The van der Waals surface area contributed by atoms with Gasteiger partial charge in [-0.15, -0.1) is 0 Å². The lowest BCUT2D eigenvalue weighted by molar-refractivity contribution is 0.853. The van der Waals surface area contributed by atoms with E-state index < -0.39 is 0 Å². The Bertz CT molecular complexity index is 1500. The molecule has 0 aromatic heterocycles. The highest BCUT2D eigenvalue weighted by molar-refractivity contribution is 6.04. The smallest absolute Gasteiger partial charge is 0.0465 e. The van der Waals surface area contributed by atoms with Gasteiger partial charge in [-0.25, -0.2) is 0 Å². The molecule has 1 heteroatoms. The molecule has 34 heavy (non-hydrogen) atoms. The predicted octanol–water partition coefficient (Wildman–Crippen LogP) is 8.99. The third-order valence-electron chi connectivity index (χ3n) is 7.82. The topological polar surface area (TPSA) is 3.24 Å². The zero-order valence-corrected chi connectivity index (χ0v) is 19.7. The largest absolute Gasteiger partial charge is 0.310 e. The lowest BCUT2D eigenvalue weighted by Gasteiger charge is -2.32. The summed E-state index contributed by atoms with van der Waals surface area (Å²) in [6.07, 6.45) is 2.46. The number of benzene rings is 5. The maximum atomic E-state index is 2.47. The third kappa shape index (κ3) is 2.80. The molecule has 164 valence electrons. The van der Waals surface area contributed by atoms with Crippen molar-refractivity contribution in [1.29, 1.82) is 0 Å². The van der Waals surface area contributed by atoms with Gasteiger partial charge in [0.1, 0.15) is 0 Å². The molecule has 5 aromatic rings. The van der Waals surface area contributed by atoms with E-state index in [4.69, 9.17) is 0 Å². The molecule has 0 N–H and O–H groups in total. The Hall–Kier alpha value is -3.84. The minimum Gasteiger partial charge on any atom is -0.310 e. The summed E-state index contributed by atoms with van der Waals surface area (Å²) >= 11 is 0. The summed E-state index contributed by atoms with van der Waals surface area (Å²) in [5.41, 5.74) is 12.1. The molecule has 1 saturated carbocycles. The van der Waals surface area contributed by atoms with Crippen LogP contribution in [0.5, 0.6) is 0 Å². The zero-order valence-electron chi connectivity index (χ0n) is 19.7. The van der Waals surface area contributed by atoms with Crippen molar-refractivity contribution in [2.24, 2.45) is 0 Å². The van der Waals surface area contributed by atoms with Crippen molar-refractivity contribution in [3.8, 4) is 11.1 Å². The number of nitrogens with zero attached hydrogens (tertiary/aromatic N) is 1. The van der Waals surface area contributed by atoms with E-state index >= 15 is 0 Å². The van der Waals surface area contributed by atoms with E-state index in [0.717, 1.165) is 0 Å². The Balaban J connectivity index is 1.46. The summed E-state index contributed by atoms with van der Waals surface area (Å²) in [5.74, 6) is 0. The molecule has 0 bridgehead atoms. The molecule has 0 saturated heterocycles. The lowest BCUT2D eigenvalue weighted by Crippen LogP contribution is -2.17. The number of hydrogen-bond donors (Lipinski definition) is 0. The van der Waals surface area contributed by atoms with Crippen molar-refractivity contribution in [1.82, 2.24) is 0 Å². The molecule has 5 aromatic carbocycles. The maximum absolute atomic E-state index is 2.47. The predicted molar refractivity (Wildman–Crippen MR) is 144 cm³/mol. The van der Waals surface area contributed by atoms with Gasteiger partial charge in [0.15, 0.2) is 0 Å². The summed E-state index contributed by atoms with van der Waals surface area (Å²) in [6.45, 7) is 4.29. The Morgan fingerprint density at radius 2 is 1.15 bits per heavy atom. The molecule has 0 atom stereocenters. The summed E-state index contributed by atoms with van der Waals surface area (Å²) in [7, 11) is 0. The lowest BCUT2D eigenvalue weighted by atomic mass is 9.74. The SMILES string of the molecule is Cc1ccc(N(c2ccc(C)cc2)c2ccc3c(c2)C2(CC2)c2cccc4cccc-3c24)cc1. The molecule has 7 rings (SSSR count). The number of anilines is 3. The highest BCUT2D eigenvalue weighted by Gasteiger charge is 2.50. The van der Waals surface area contributed by atoms with Crippen LogP contribution in [0.25, 0.3) is 21.9 Å². The van der Waals surface area contributed by atoms with Crippen LogP contribution >= 0.6 is 0 Å². The summed E-state index contributed by atoms with van der Waals surface area (Å²) in [6, 6.07) is 38.5. The van der Waals surface area contributed by atoms with Gasteiger partial charge in [0.25, 0.3) is 0 Å². The average molecular weight is 438 g/mol. The van der Waals surface area contributed by atoms with Gasteiger partial charge in [-0.05, 0) is 96.1 Å². The Labute approximate surface area is 201 Å². The molecule has 0 unspecified atom stereocenters. The van der Waals surface area contributed by atoms with E-state index in [1.54, 1.807) is 0 Å². The van der Waals surface area contributed by atoms with Crippen LogP contribution in [0.15, 0.2) is 103 Å². The van der Waals surface area contributed by atoms with Gasteiger partial charge in [0.05, 0.1) is 0 Å². The first-order valence-electron chi connectivity index (χ1n) is 12.2. The van der Waals surface area contributed by atoms with Gasteiger partial charge in [-0.3, -0.25) is 0 Å². The maximum Gasteiger partial charge on any atom is 0.0465 e. The van der Waals surface area contributed by atoms with E-state index in [1.165, 1.54) is 74.1 Å². The molecule has 0 heterocycles. The van der Waals surface area contributed by atoms with Crippen LogP contribution in [-0.2, 0) is 5.41 Å². The molecule has 0 aliphatic heterocycles. The van der Waals surface area contributed by atoms with E-state index in [2.05, 4.69) is 122 Å². The average Bonchev–Trinajstić information content (AvgIpc) is 3.67. The first-order chi connectivity index (χ1) is 16.6. The van der Waals surface area contributed by atoms with Crippen molar-refractivity contribution in [3.63, 3.8) is 0 Å². The van der Waals surface area contributed by atoms with Crippen LogP contribution in [0, 0.1) is 13.8 Å². The van der Waals surface area contributed by atoms with Crippen molar-refractivity contribution < 1.29 is 0 Å². The van der Waals surface area contributed by atoms with Crippen LogP contribution in [-0.4, -0.2) is 0 Å².